The van der Waals surface area contributed by atoms with Gasteiger partial charge < -0.3 is 0 Å². The molecule has 0 spiro atoms. The van der Waals surface area contributed by atoms with E-state index in [1.54, 1.807) is 24.3 Å². The Bertz CT molecular complexity index is 482. The molecule has 3 rings (SSSR count). The fraction of sp³-hybridized carbons (Fsp3) is 0.308. The number of carbonyl (C=O) groups is 3. The molecule has 0 amide bonds. The Labute approximate surface area is 141 Å². The molecule has 0 aliphatic heterocycles. The van der Waals surface area contributed by atoms with Gasteiger partial charge in [-0.3, -0.25) is 14.4 Å². The molecule has 0 N–H and O–H groups in total. The topological polar surface area (TPSA) is 51.2 Å². The molecular weight excluding hydrogens is 243 g/mol. The van der Waals surface area contributed by atoms with Crippen LogP contribution < -0.4 is 51.4 Å². The van der Waals surface area contributed by atoms with Crippen molar-refractivity contribution < 1.29 is 65.8 Å². The maximum Gasteiger partial charge on any atom is 1.00 e. The maximum absolute atomic E-state index is 11.9. The second kappa shape index (κ2) is 4.86. The summed E-state index contributed by atoms with van der Waals surface area (Å²) in [6.07, 6.45) is 1.65. The first kappa shape index (κ1) is 13.3. The number of benzene rings is 1. The van der Waals surface area contributed by atoms with Gasteiger partial charge in [0.05, 0.1) is 0 Å². The Hall–Kier alpha value is -0.134. The summed E-state index contributed by atoms with van der Waals surface area (Å²) in [5.74, 6) is -1.88. The molecule has 3 nitrogen and oxygen atoms in total. The van der Waals surface area contributed by atoms with Crippen LogP contribution in [0.2, 0.25) is 0 Å². The molecule has 0 unspecified atom stereocenters. The van der Waals surface area contributed by atoms with Crippen molar-refractivity contribution in [3.05, 3.63) is 35.4 Å². The minimum Gasteiger partial charge on any atom is -0.298 e. The van der Waals surface area contributed by atoms with Crippen LogP contribution in [-0.2, 0) is 4.79 Å². The first-order chi connectivity index (χ1) is 7.70. The van der Waals surface area contributed by atoms with E-state index in [9.17, 15) is 14.4 Å². The molecule has 0 bridgehead atoms. The van der Waals surface area contributed by atoms with Gasteiger partial charge in [0.15, 0.2) is 17.3 Å². The Morgan fingerprint density at radius 2 is 1.47 bits per heavy atom. The summed E-state index contributed by atoms with van der Waals surface area (Å²) >= 11 is 0. The summed E-state index contributed by atoms with van der Waals surface area (Å²) in [5.41, 5.74) is 0.818. The molecule has 0 heterocycles. The van der Waals surface area contributed by atoms with Crippen molar-refractivity contribution in [3.8, 4) is 0 Å². The molecule has 2 aliphatic rings. The molecule has 80 valence electrons. The van der Waals surface area contributed by atoms with Crippen molar-refractivity contribution >= 4 is 17.3 Å². The average molecular weight is 253 g/mol. The van der Waals surface area contributed by atoms with Crippen molar-refractivity contribution in [1.29, 1.82) is 0 Å². The van der Waals surface area contributed by atoms with Crippen molar-refractivity contribution in [1.82, 2.24) is 0 Å². The molecule has 17 heavy (non-hydrogen) atoms. The summed E-state index contributed by atoms with van der Waals surface area (Å²) in [6.45, 7) is 0. The van der Waals surface area contributed by atoms with Crippen LogP contribution >= 0.6 is 0 Å². The molecule has 4 heteroatoms. The van der Waals surface area contributed by atoms with Crippen LogP contribution in [0, 0.1) is 11.8 Å². The van der Waals surface area contributed by atoms with Crippen LogP contribution in [0.5, 0.6) is 0 Å². The fourth-order valence-electron chi connectivity index (χ4n) is 2.20. The van der Waals surface area contributed by atoms with Crippen LogP contribution in [0.4, 0.5) is 0 Å². The van der Waals surface area contributed by atoms with Crippen molar-refractivity contribution in [2.24, 2.45) is 11.8 Å². The molecule has 2 aliphatic carbocycles. The van der Waals surface area contributed by atoms with Gasteiger partial charge in [0.2, 0.25) is 0 Å². The third-order valence-electron chi connectivity index (χ3n) is 3.25. The van der Waals surface area contributed by atoms with Crippen LogP contribution in [-0.4, -0.2) is 17.3 Å². The summed E-state index contributed by atoms with van der Waals surface area (Å²) in [6, 6.07) is 6.67. The van der Waals surface area contributed by atoms with Crippen molar-refractivity contribution in [2.75, 3.05) is 0 Å². The molecule has 1 aromatic carbocycles. The molecule has 1 saturated carbocycles. The number of ketones is 3. The van der Waals surface area contributed by atoms with Gasteiger partial charge in [-0.05, 0) is 12.8 Å². The fourth-order valence-corrected chi connectivity index (χ4v) is 2.20. The monoisotopic (exact) mass is 253 g/mol. The summed E-state index contributed by atoms with van der Waals surface area (Å²) in [4.78, 5) is 35.7. The predicted molar refractivity (Wildman–Crippen MR) is 56.3 cm³/mol. The number of carbonyl (C=O) groups excluding carboxylic acids is 3. The zero-order valence-electron chi connectivity index (χ0n) is 9.60. The van der Waals surface area contributed by atoms with E-state index in [-0.39, 0.29) is 74.7 Å². The summed E-state index contributed by atoms with van der Waals surface area (Å²) in [5, 5.41) is 0. The first-order valence-electron chi connectivity index (χ1n) is 5.41. The molecule has 1 fully saturated rings. The largest absolute Gasteiger partial charge is 1.00 e. The summed E-state index contributed by atoms with van der Waals surface area (Å²) in [7, 11) is 0. The normalized spacial score (nSPS) is 18.8. The molecule has 1 aromatic rings. The SMILES string of the molecule is O=C1c2ccccc2C(=O)C1C(=O)C1CC1.[K+]. The van der Waals surface area contributed by atoms with Gasteiger partial charge in [-0.25, -0.2) is 0 Å². The molecule has 0 atom stereocenters. The van der Waals surface area contributed by atoms with Crippen LogP contribution in [0.25, 0.3) is 0 Å². The van der Waals surface area contributed by atoms with Crippen molar-refractivity contribution in [3.63, 3.8) is 0 Å². The van der Waals surface area contributed by atoms with E-state index in [1.165, 1.54) is 0 Å². The number of rotatable bonds is 2. The van der Waals surface area contributed by atoms with E-state index >= 15 is 0 Å². The first-order valence-corrected chi connectivity index (χ1v) is 5.41. The van der Waals surface area contributed by atoms with E-state index in [0.717, 1.165) is 12.8 Å². The van der Waals surface area contributed by atoms with Gasteiger partial charge in [-0.2, -0.15) is 0 Å². The maximum atomic E-state index is 11.9. The Morgan fingerprint density at radius 1 is 1.00 bits per heavy atom. The third kappa shape index (κ3) is 2.13. The Balaban J connectivity index is 0.00000108. The second-order valence-corrected chi connectivity index (χ2v) is 4.38. The van der Waals surface area contributed by atoms with Gasteiger partial charge >= 0.3 is 51.4 Å². The van der Waals surface area contributed by atoms with Gasteiger partial charge in [-0.15, -0.1) is 0 Å². The Kier molecular flexibility index (Phi) is 3.80. The van der Waals surface area contributed by atoms with E-state index < -0.39 is 5.92 Å². The van der Waals surface area contributed by atoms with E-state index in [0.29, 0.717) is 11.1 Å². The quantitative estimate of drug-likeness (QED) is 0.484. The van der Waals surface area contributed by atoms with Gasteiger partial charge in [-0.1, -0.05) is 24.3 Å². The average Bonchev–Trinajstić information content (AvgIpc) is 3.09. The van der Waals surface area contributed by atoms with Gasteiger partial charge in [0, 0.05) is 17.0 Å². The number of hydrogen-bond donors (Lipinski definition) is 0. The van der Waals surface area contributed by atoms with Gasteiger partial charge in [0.1, 0.15) is 5.92 Å². The smallest absolute Gasteiger partial charge is 0.298 e. The molecule has 0 saturated heterocycles. The molecule has 0 radical (unpaired) electrons. The standard InChI is InChI=1S/C13H10O3.K/c14-11(7-5-6-7)10-12(15)8-3-1-2-4-9(8)13(10)16;/h1-4,7,10H,5-6H2;/q;+1. The molecule has 0 aromatic heterocycles. The van der Waals surface area contributed by atoms with Crippen molar-refractivity contribution in [2.45, 2.75) is 12.8 Å². The van der Waals surface area contributed by atoms with Gasteiger partial charge in [0.25, 0.3) is 0 Å². The number of hydrogen-bond acceptors (Lipinski definition) is 3. The second-order valence-electron chi connectivity index (χ2n) is 4.38. The van der Waals surface area contributed by atoms with E-state index in [2.05, 4.69) is 0 Å². The minimum absolute atomic E-state index is 0. The van der Waals surface area contributed by atoms with Crippen LogP contribution in [0.15, 0.2) is 24.3 Å². The Morgan fingerprint density at radius 3 is 1.88 bits per heavy atom. The predicted octanol–water partition coefficient (Wildman–Crippen LogP) is -1.34. The van der Waals surface area contributed by atoms with E-state index in [4.69, 9.17) is 0 Å². The molecular formula is C13H10KO3+. The number of fused-ring (bicyclic) bond motifs is 1. The van der Waals surface area contributed by atoms with E-state index in [1.807, 2.05) is 0 Å². The minimum atomic E-state index is -1.04. The number of Topliss-reactive ketones (excluding diaryl/α,β-unsaturated/α-hetero) is 3. The third-order valence-corrected chi connectivity index (χ3v) is 3.25. The zero-order chi connectivity index (χ0) is 11.3. The van der Waals surface area contributed by atoms with Crippen LogP contribution in [0.3, 0.4) is 0 Å². The van der Waals surface area contributed by atoms with Crippen LogP contribution in [0.1, 0.15) is 33.6 Å². The zero-order valence-corrected chi connectivity index (χ0v) is 12.7. The summed E-state index contributed by atoms with van der Waals surface area (Å²) < 4.78 is 0.